The molecule has 4 N–H and O–H groups in total. The Kier molecular flexibility index (Phi) is 4.77. The minimum Gasteiger partial charge on any atom is -0.465 e. The molecule has 0 saturated carbocycles. The lowest BCUT2D eigenvalue weighted by Gasteiger charge is -2.35. The second-order valence-corrected chi connectivity index (χ2v) is 5.89. The third-order valence-electron chi connectivity index (χ3n) is 3.53. The number of nitrogens with one attached hydrogen (secondary N) is 1. The molecule has 1 saturated heterocycles. The lowest BCUT2D eigenvalue weighted by Crippen LogP contribution is -2.52. The van der Waals surface area contributed by atoms with Crippen molar-refractivity contribution in [2.24, 2.45) is 11.1 Å². The molecule has 5 nitrogen and oxygen atoms in total. The van der Waals surface area contributed by atoms with Crippen LogP contribution in [-0.2, 0) is 0 Å². The molecule has 0 bridgehead atoms. The molecular formula is C12H25N3O2. The van der Waals surface area contributed by atoms with E-state index in [0.717, 1.165) is 25.9 Å². The summed E-state index contributed by atoms with van der Waals surface area (Å²) in [7, 11) is 0. The van der Waals surface area contributed by atoms with Crippen molar-refractivity contribution in [3.05, 3.63) is 0 Å². The number of rotatable bonds is 4. The summed E-state index contributed by atoms with van der Waals surface area (Å²) in [6.45, 7) is 8.60. The van der Waals surface area contributed by atoms with E-state index in [2.05, 4.69) is 31.0 Å². The van der Waals surface area contributed by atoms with Crippen LogP contribution in [0.2, 0.25) is 0 Å². The molecule has 2 atom stereocenters. The molecular weight excluding hydrogens is 218 g/mol. The molecule has 1 rings (SSSR count). The van der Waals surface area contributed by atoms with E-state index in [9.17, 15) is 4.79 Å². The van der Waals surface area contributed by atoms with Gasteiger partial charge in [0.15, 0.2) is 0 Å². The van der Waals surface area contributed by atoms with E-state index >= 15 is 0 Å². The van der Waals surface area contributed by atoms with E-state index in [0.29, 0.717) is 12.6 Å². The average Bonchev–Trinajstić information content (AvgIpc) is 2.62. The molecule has 0 aliphatic carbocycles. The molecule has 100 valence electrons. The van der Waals surface area contributed by atoms with Gasteiger partial charge in [0.2, 0.25) is 0 Å². The van der Waals surface area contributed by atoms with Crippen LogP contribution in [0.5, 0.6) is 0 Å². The van der Waals surface area contributed by atoms with Gasteiger partial charge < -0.3 is 16.2 Å². The zero-order valence-electron chi connectivity index (χ0n) is 11.1. The van der Waals surface area contributed by atoms with Gasteiger partial charge in [-0.1, -0.05) is 20.8 Å². The largest absolute Gasteiger partial charge is 0.465 e. The molecule has 1 heterocycles. The van der Waals surface area contributed by atoms with Crippen LogP contribution >= 0.6 is 0 Å². The first-order valence-electron chi connectivity index (χ1n) is 6.28. The average molecular weight is 243 g/mol. The first-order valence-corrected chi connectivity index (χ1v) is 6.28. The van der Waals surface area contributed by atoms with Crippen molar-refractivity contribution in [2.75, 3.05) is 19.6 Å². The molecule has 17 heavy (non-hydrogen) atoms. The van der Waals surface area contributed by atoms with E-state index in [1.807, 2.05) is 0 Å². The van der Waals surface area contributed by atoms with Gasteiger partial charge in [-0.25, -0.2) is 4.79 Å². The Hall–Kier alpha value is -0.810. The quantitative estimate of drug-likeness (QED) is 0.690. The van der Waals surface area contributed by atoms with Crippen LogP contribution < -0.4 is 11.1 Å². The van der Waals surface area contributed by atoms with Crippen molar-refractivity contribution in [2.45, 2.75) is 45.7 Å². The standard InChI is InChI=1S/C12H25N3O2/c1-12(2,3)10(14-11(16)17)8-15-6-4-5-9(15)7-13/h9-10,14H,4-8,13H2,1-3H3,(H,16,17)/t9?,10-/m1/s1. The minimum atomic E-state index is -0.951. The number of hydrogen-bond acceptors (Lipinski definition) is 3. The van der Waals surface area contributed by atoms with E-state index in [1.165, 1.54) is 0 Å². The summed E-state index contributed by atoms with van der Waals surface area (Å²) in [4.78, 5) is 13.1. The third-order valence-corrected chi connectivity index (χ3v) is 3.53. The van der Waals surface area contributed by atoms with Crippen LogP contribution in [-0.4, -0.2) is 47.8 Å². The van der Waals surface area contributed by atoms with E-state index in [-0.39, 0.29) is 11.5 Å². The molecule has 1 unspecified atom stereocenters. The fourth-order valence-corrected chi connectivity index (χ4v) is 2.32. The molecule has 0 radical (unpaired) electrons. The van der Waals surface area contributed by atoms with Crippen molar-refractivity contribution in [1.29, 1.82) is 0 Å². The first kappa shape index (κ1) is 14.3. The molecule has 0 aromatic rings. The van der Waals surface area contributed by atoms with Gasteiger partial charge in [-0.3, -0.25) is 4.90 Å². The summed E-state index contributed by atoms with van der Waals surface area (Å²) in [5.41, 5.74) is 5.65. The monoisotopic (exact) mass is 243 g/mol. The molecule has 1 aliphatic heterocycles. The van der Waals surface area contributed by atoms with Gasteiger partial charge in [0.25, 0.3) is 0 Å². The Morgan fingerprint density at radius 2 is 2.24 bits per heavy atom. The summed E-state index contributed by atoms with van der Waals surface area (Å²) in [5, 5.41) is 11.5. The van der Waals surface area contributed by atoms with Crippen molar-refractivity contribution in [1.82, 2.24) is 10.2 Å². The predicted molar refractivity (Wildman–Crippen MR) is 68.1 cm³/mol. The summed E-state index contributed by atoms with van der Waals surface area (Å²) in [6.07, 6.45) is 1.33. The Labute approximate surface area is 103 Å². The highest BCUT2D eigenvalue weighted by atomic mass is 16.4. The molecule has 0 aromatic carbocycles. The Morgan fingerprint density at radius 1 is 1.59 bits per heavy atom. The van der Waals surface area contributed by atoms with E-state index in [1.54, 1.807) is 0 Å². The van der Waals surface area contributed by atoms with Crippen LogP contribution in [0.25, 0.3) is 0 Å². The van der Waals surface area contributed by atoms with Gasteiger partial charge in [-0.05, 0) is 24.8 Å². The summed E-state index contributed by atoms with van der Waals surface area (Å²) in [6, 6.07) is 0.350. The van der Waals surface area contributed by atoms with Gasteiger partial charge in [0.05, 0.1) is 0 Å². The normalized spacial score (nSPS) is 23.6. The van der Waals surface area contributed by atoms with Gasteiger partial charge in [-0.15, -0.1) is 0 Å². The smallest absolute Gasteiger partial charge is 0.404 e. The van der Waals surface area contributed by atoms with E-state index < -0.39 is 6.09 Å². The number of carbonyl (C=O) groups is 1. The molecule has 1 aliphatic rings. The lowest BCUT2D eigenvalue weighted by molar-refractivity contribution is 0.144. The number of carboxylic acid groups (broad SMARTS) is 1. The molecule has 0 spiro atoms. The molecule has 0 aromatic heterocycles. The summed E-state index contributed by atoms with van der Waals surface area (Å²) in [5.74, 6) is 0. The number of likely N-dealkylation sites (tertiary alicyclic amines) is 1. The van der Waals surface area contributed by atoms with Gasteiger partial charge >= 0.3 is 6.09 Å². The number of nitrogens with zero attached hydrogens (tertiary/aromatic N) is 1. The highest BCUT2D eigenvalue weighted by Crippen LogP contribution is 2.24. The van der Waals surface area contributed by atoms with Crippen LogP contribution in [0.3, 0.4) is 0 Å². The van der Waals surface area contributed by atoms with Crippen LogP contribution in [0.1, 0.15) is 33.6 Å². The zero-order chi connectivity index (χ0) is 13.1. The van der Waals surface area contributed by atoms with Crippen LogP contribution in [0, 0.1) is 5.41 Å². The van der Waals surface area contributed by atoms with Crippen LogP contribution in [0.15, 0.2) is 0 Å². The van der Waals surface area contributed by atoms with Crippen molar-refractivity contribution in [3.63, 3.8) is 0 Å². The third kappa shape index (κ3) is 4.16. The summed E-state index contributed by atoms with van der Waals surface area (Å²) >= 11 is 0. The molecule has 1 fully saturated rings. The molecule has 1 amide bonds. The van der Waals surface area contributed by atoms with Crippen molar-refractivity contribution < 1.29 is 9.90 Å². The SMILES string of the molecule is CC(C)(C)[C@@H](CN1CCCC1CN)NC(=O)O. The fourth-order valence-electron chi connectivity index (χ4n) is 2.32. The second kappa shape index (κ2) is 5.69. The maximum atomic E-state index is 10.8. The predicted octanol–water partition coefficient (Wildman–Crippen LogP) is 1.09. The van der Waals surface area contributed by atoms with Gasteiger partial charge in [-0.2, -0.15) is 0 Å². The Morgan fingerprint density at radius 3 is 2.71 bits per heavy atom. The van der Waals surface area contributed by atoms with E-state index in [4.69, 9.17) is 10.8 Å². The lowest BCUT2D eigenvalue weighted by atomic mass is 9.86. The highest BCUT2D eigenvalue weighted by molar-refractivity contribution is 5.65. The number of amides is 1. The highest BCUT2D eigenvalue weighted by Gasteiger charge is 2.32. The molecule has 5 heteroatoms. The Balaban J connectivity index is 2.62. The first-order chi connectivity index (χ1) is 7.84. The van der Waals surface area contributed by atoms with Crippen molar-refractivity contribution >= 4 is 6.09 Å². The minimum absolute atomic E-state index is 0.0628. The zero-order valence-corrected chi connectivity index (χ0v) is 11.1. The summed E-state index contributed by atoms with van der Waals surface area (Å²) < 4.78 is 0. The maximum absolute atomic E-state index is 10.8. The van der Waals surface area contributed by atoms with Gasteiger partial charge in [0, 0.05) is 25.2 Å². The number of nitrogens with two attached hydrogens (primary N) is 1. The van der Waals surface area contributed by atoms with Gasteiger partial charge in [0.1, 0.15) is 0 Å². The van der Waals surface area contributed by atoms with Crippen LogP contribution in [0.4, 0.5) is 4.79 Å². The maximum Gasteiger partial charge on any atom is 0.404 e. The fraction of sp³-hybridized carbons (Fsp3) is 0.917. The van der Waals surface area contributed by atoms with Crippen molar-refractivity contribution in [3.8, 4) is 0 Å². The number of hydrogen-bond donors (Lipinski definition) is 3. The topological polar surface area (TPSA) is 78.6 Å². The Bertz CT molecular complexity index is 263. The second-order valence-electron chi connectivity index (χ2n) is 5.89.